The Labute approximate surface area is 164 Å². The summed E-state index contributed by atoms with van der Waals surface area (Å²) in [6, 6.07) is 17.8. The lowest BCUT2D eigenvalue weighted by atomic mass is 10.1. The standard InChI is InChI=1S/C20H16BrClN2O2/c21-17-10-13(8-9-19(25)24-23)11-18(22)20(17)26-12-15-6-3-5-14-4-1-2-7-16(14)15/h1-11H,12,23H2,(H,24,25)/b9-8+. The first kappa shape index (κ1) is 18.5. The van der Waals surface area contributed by atoms with Crippen LogP contribution in [0, 0.1) is 0 Å². The minimum absolute atomic E-state index is 0.393. The Morgan fingerprint density at radius 3 is 2.73 bits per heavy atom. The zero-order valence-electron chi connectivity index (χ0n) is 13.7. The summed E-state index contributed by atoms with van der Waals surface area (Å²) in [5, 5.41) is 2.76. The van der Waals surface area contributed by atoms with Crippen molar-refractivity contribution >= 4 is 50.3 Å². The number of carbonyl (C=O) groups excluding carboxylic acids is 1. The van der Waals surface area contributed by atoms with E-state index >= 15 is 0 Å². The molecule has 0 saturated carbocycles. The fourth-order valence-electron chi connectivity index (χ4n) is 2.60. The predicted octanol–water partition coefficient (Wildman–Crippen LogP) is 4.84. The zero-order chi connectivity index (χ0) is 18.5. The topological polar surface area (TPSA) is 64.3 Å². The van der Waals surface area contributed by atoms with Crippen LogP contribution in [0.15, 0.2) is 65.1 Å². The van der Waals surface area contributed by atoms with Crippen LogP contribution in [0.4, 0.5) is 0 Å². The molecule has 3 N–H and O–H groups in total. The van der Waals surface area contributed by atoms with Crippen molar-refractivity contribution in [3.63, 3.8) is 0 Å². The lowest BCUT2D eigenvalue weighted by Gasteiger charge is -2.12. The molecule has 0 radical (unpaired) electrons. The lowest BCUT2D eigenvalue weighted by molar-refractivity contribution is -0.116. The number of amides is 1. The highest BCUT2D eigenvalue weighted by atomic mass is 79.9. The summed E-state index contributed by atoms with van der Waals surface area (Å²) in [6.07, 6.45) is 2.95. The maximum atomic E-state index is 11.2. The van der Waals surface area contributed by atoms with Gasteiger partial charge in [-0.2, -0.15) is 0 Å². The number of rotatable bonds is 5. The van der Waals surface area contributed by atoms with Crippen molar-refractivity contribution in [2.75, 3.05) is 0 Å². The Morgan fingerprint density at radius 2 is 1.96 bits per heavy atom. The first-order valence-electron chi connectivity index (χ1n) is 7.85. The number of ether oxygens (including phenoxy) is 1. The number of hydrogen-bond donors (Lipinski definition) is 2. The maximum absolute atomic E-state index is 11.2. The Morgan fingerprint density at radius 1 is 1.19 bits per heavy atom. The molecular weight excluding hydrogens is 416 g/mol. The third-order valence-electron chi connectivity index (χ3n) is 3.84. The molecule has 0 atom stereocenters. The highest BCUT2D eigenvalue weighted by Gasteiger charge is 2.10. The summed E-state index contributed by atoms with van der Waals surface area (Å²) in [7, 11) is 0. The van der Waals surface area contributed by atoms with Crippen molar-refractivity contribution < 1.29 is 9.53 Å². The molecule has 0 aliphatic carbocycles. The number of nitrogens with one attached hydrogen (secondary N) is 1. The second-order valence-corrected chi connectivity index (χ2v) is 6.84. The molecule has 3 aromatic carbocycles. The number of hydrogen-bond acceptors (Lipinski definition) is 3. The minimum Gasteiger partial charge on any atom is -0.486 e. The van der Waals surface area contributed by atoms with Gasteiger partial charge in [-0.15, -0.1) is 0 Å². The molecule has 1 amide bonds. The summed E-state index contributed by atoms with van der Waals surface area (Å²) in [6.45, 7) is 0.393. The van der Waals surface area contributed by atoms with Gasteiger partial charge in [0.1, 0.15) is 6.61 Å². The average molecular weight is 432 g/mol. The number of nitrogens with two attached hydrogens (primary N) is 1. The molecule has 0 spiro atoms. The van der Waals surface area contributed by atoms with E-state index in [4.69, 9.17) is 22.2 Å². The van der Waals surface area contributed by atoms with Crippen LogP contribution in [-0.2, 0) is 11.4 Å². The summed E-state index contributed by atoms with van der Waals surface area (Å²) >= 11 is 9.83. The molecule has 0 heterocycles. The van der Waals surface area contributed by atoms with Crippen LogP contribution in [0.2, 0.25) is 5.02 Å². The van der Waals surface area contributed by atoms with E-state index in [9.17, 15) is 4.79 Å². The van der Waals surface area contributed by atoms with Gasteiger partial charge in [-0.25, -0.2) is 5.84 Å². The van der Waals surface area contributed by atoms with Crippen LogP contribution in [0.5, 0.6) is 5.75 Å². The van der Waals surface area contributed by atoms with E-state index in [0.717, 1.165) is 21.9 Å². The molecule has 0 aromatic heterocycles. The quantitative estimate of drug-likeness (QED) is 0.263. The van der Waals surface area contributed by atoms with Crippen molar-refractivity contribution in [2.24, 2.45) is 5.84 Å². The predicted molar refractivity (Wildman–Crippen MR) is 109 cm³/mol. The Hall–Kier alpha value is -2.34. The fraction of sp³-hybridized carbons (Fsp3) is 0.0500. The van der Waals surface area contributed by atoms with Gasteiger partial charge in [0.15, 0.2) is 5.75 Å². The van der Waals surface area contributed by atoms with E-state index in [-0.39, 0.29) is 0 Å². The monoisotopic (exact) mass is 430 g/mol. The first-order chi connectivity index (χ1) is 12.6. The number of carbonyl (C=O) groups is 1. The van der Waals surface area contributed by atoms with Crippen LogP contribution >= 0.6 is 27.5 Å². The van der Waals surface area contributed by atoms with E-state index in [2.05, 4.69) is 34.1 Å². The molecule has 6 heteroatoms. The molecular formula is C20H16BrClN2O2. The fourth-order valence-corrected chi connectivity index (χ4v) is 3.59. The normalized spacial score (nSPS) is 11.0. The van der Waals surface area contributed by atoms with Gasteiger partial charge in [-0.05, 0) is 56.0 Å². The van der Waals surface area contributed by atoms with Crippen LogP contribution in [-0.4, -0.2) is 5.91 Å². The Balaban J connectivity index is 1.82. The molecule has 26 heavy (non-hydrogen) atoms. The molecule has 0 bridgehead atoms. The largest absolute Gasteiger partial charge is 0.486 e. The SMILES string of the molecule is NNC(=O)/C=C/c1cc(Cl)c(OCc2cccc3ccccc23)c(Br)c1. The summed E-state index contributed by atoms with van der Waals surface area (Å²) in [4.78, 5) is 11.2. The molecule has 132 valence electrons. The molecule has 3 rings (SSSR count). The third kappa shape index (κ3) is 4.25. The van der Waals surface area contributed by atoms with Crippen molar-refractivity contribution in [2.45, 2.75) is 6.61 Å². The van der Waals surface area contributed by atoms with Gasteiger partial charge < -0.3 is 4.74 Å². The van der Waals surface area contributed by atoms with Crippen molar-refractivity contribution in [1.82, 2.24) is 5.43 Å². The van der Waals surface area contributed by atoms with E-state index in [1.165, 1.54) is 6.08 Å². The number of benzene rings is 3. The van der Waals surface area contributed by atoms with Crippen LogP contribution in [0.3, 0.4) is 0 Å². The second-order valence-electron chi connectivity index (χ2n) is 5.58. The van der Waals surface area contributed by atoms with Crippen LogP contribution in [0.25, 0.3) is 16.8 Å². The molecule has 0 aliphatic rings. The Bertz CT molecular complexity index is 960. The smallest absolute Gasteiger partial charge is 0.257 e. The summed E-state index contributed by atoms with van der Waals surface area (Å²) in [5.74, 6) is 5.21. The van der Waals surface area contributed by atoms with E-state index in [1.54, 1.807) is 12.1 Å². The number of hydrazine groups is 1. The second kappa shape index (κ2) is 8.36. The maximum Gasteiger partial charge on any atom is 0.257 e. The van der Waals surface area contributed by atoms with Gasteiger partial charge >= 0.3 is 0 Å². The minimum atomic E-state index is -0.395. The van der Waals surface area contributed by atoms with Crippen LogP contribution < -0.4 is 16.0 Å². The van der Waals surface area contributed by atoms with E-state index in [1.807, 2.05) is 35.8 Å². The molecule has 0 aliphatic heterocycles. The van der Waals surface area contributed by atoms with Crippen LogP contribution in [0.1, 0.15) is 11.1 Å². The number of fused-ring (bicyclic) bond motifs is 1. The molecule has 0 unspecified atom stereocenters. The van der Waals surface area contributed by atoms with Gasteiger partial charge in [0, 0.05) is 6.08 Å². The zero-order valence-corrected chi connectivity index (χ0v) is 16.0. The van der Waals surface area contributed by atoms with Gasteiger partial charge in [-0.1, -0.05) is 54.1 Å². The summed E-state index contributed by atoms with van der Waals surface area (Å²) < 4.78 is 6.67. The van der Waals surface area contributed by atoms with E-state index in [0.29, 0.717) is 21.9 Å². The molecule has 3 aromatic rings. The lowest BCUT2D eigenvalue weighted by Crippen LogP contribution is -2.27. The van der Waals surface area contributed by atoms with Gasteiger partial charge in [0.05, 0.1) is 9.50 Å². The highest BCUT2D eigenvalue weighted by Crippen LogP contribution is 2.35. The molecule has 0 fully saturated rings. The third-order valence-corrected chi connectivity index (χ3v) is 4.71. The highest BCUT2D eigenvalue weighted by molar-refractivity contribution is 9.10. The Kier molecular flexibility index (Phi) is 5.93. The molecule has 4 nitrogen and oxygen atoms in total. The van der Waals surface area contributed by atoms with Crippen molar-refractivity contribution in [3.05, 3.63) is 81.3 Å². The van der Waals surface area contributed by atoms with Gasteiger partial charge in [-0.3, -0.25) is 10.2 Å². The number of halogens is 2. The van der Waals surface area contributed by atoms with Gasteiger partial charge in [0.25, 0.3) is 5.91 Å². The average Bonchev–Trinajstić information content (AvgIpc) is 2.65. The van der Waals surface area contributed by atoms with E-state index < -0.39 is 5.91 Å². The first-order valence-corrected chi connectivity index (χ1v) is 9.02. The summed E-state index contributed by atoms with van der Waals surface area (Å²) in [5.41, 5.74) is 3.86. The van der Waals surface area contributed by atoms with Gasteiger partial charge in [0.2, 0.25) is 0 Å². The molecule has 0 saturated heterocycles. The van der Waals surface area contributed by atoms with Crippen molar-refractivity contribution in [3.8, 4) is 5.75 Å². The van der Waals surface area contributed by atoms with Crippen molar-refractivity contribution in [1.29, 1.82) is 0 Å².